The number of benzene rings is 3. The Morgan fingerprint density at radius 2 is 1.41 bits per heavy atom. The SMILES string of the molecule is Cc1sc2c(c1C)C(c1ccc(Cl)cc1)=N[C@@H](CC(=O)NCCOCCOCCOCCOCCOc1ccc(C(=O)NC3C(C)(C)C(Oc4ccc(C#N)c(Cl)c4)C3(C)C)cc1)c1nnc(C)n1-2. The van der Waals surface area contributed by atoms with Crippen LogP contribution in [0.2, 0.25) is 10.0 Å². The third-order valence-corrected chi connectivity index (χ3v) is 14.2. The summed E-state index contributed by atoms with van der Waals surface area (Å²) in [6.45, 7) is 18.2. The average molecular weight is 1000 g/mol. The minimum atomic E-state index is -0.547. The molecule has 1 aliphatic heterocycles. The van der Waals surface area contributed by atoms with E-state index in [9.17, 15) is 14.9 Å². The van der Waals surface area contributed by atoms with Gasteiger partial charge in [0.15, 0.2) is 5.82 Å². The van der Waals surface area contributed by atoms with Gasteiger partial charge in [-0.15, -0.1) is 21.5 Å². The van der Waals surface area contributed by atoms with E-state index in [2.05, 4.69) is 68.4 Å². The number of hydrogen-bond donors (Lipinski definition) is 2. The molecule has 3 aromatic carbocycles. The number of aliphatic imine (C=N–C) groups is 1. The normalized spacial score (nSPS) is 17.6. The van der Waals surface area contributed by atoms with Crippen LogP contribution in [0.5, 0.6) is 11.5 Å². The number of nitrogens with zero attached hydrogens (tertiary/aromatic N) is 5. The van der Waals surface area contributed by atoms with Crippen LogP contribution in [0.4, 0.5) is 0 Å². The lowest BCUT2D eigenvalue weighted by Gasteiger charge is -2.63. The van der Waals surface area contributed by atoms with E-state index in [1.165, 1.54) is 4.88 Å². The number of fused-ring (bicyclic) bond motifs is 3. The summed E-state index contributed by atoms with van der Waals surface area (Å²) in [5.74, 6) is 2.23. The Kier molecular flexibility index (Phi) is 17.2. The highest BCUT2D eigenvalue weighted by Gasteiger charge is 2.64. The van der Waals surface area contributed by atoms with E-state index in [4.69, 9.17) is 56.6 Å². The number of halogens is 2. The molecule has 69 heavy (non-hydrogen) atoms. The highest BCUT2D eigenvalue weighted by Crippen LogP contribution is 2.55. The lowest BCUT2D eigenvalue weighted by molar-refractivity contribution is -0.164. The number of carbonyl (C=O) groups is 2. The van der Waals surface area contributed by atoms with Crippen LogP contribution in [-0.2, 0) is 23.7 Å². The molecule has 2 N–H and O–H groups in total. The third kappa shape index (κ3) is 12.2. The Labute approximate surface area is 417 Å². The van der Waals surface area contributed by atoms with E-state index in [1.807, 2.05) is 35.8 Å². The number of hydrogen-bond acceptors (Lipinski definition) is 13. The number of aryl methyl sites for hydroxylation is 2. The minimum absolute atomic E-state index is 0.0983. The van der Waals surface area contributed by atoms with Gasteiger partial charge in [-0.1, -0.05) is 63.0 Å². The second-order valence-corrected chi connectivity index (χ2v) is 20.1. The summed E-state index contributed by atoms with van der Waals surface area (Å²) in [6.07, 6.45) is -0.100. The first-order valence-electron chi connectivity index (χ1n) is 22.9. The van der Waals surface area contributed by atoms with Crippen molar-refractivity contribution in [3.05, 3.63) is 121 Å². The summed E-state index contributed by atoms with van der Waals surface area (Å²) in [5, 5.41) is 26.2. The molecule has 366 valence electrons. The molecule has 0 radical (unpaired) electrons. The monoisotopic (exact) mass is 999 g/mol. The van der Waals surface area contributed by atoms with Crippen LogP contribution in [-0.4, -0.2) is 110 Å². The van der Waals surface area contributed by atoms with Crippen LogP contribution in [0.15, 0.2) is 71.7 Å². The van der Waals surface area contributed by atoms with E-state index >= 15 is 0 Å². The highest BCUT2D eigenvalue weighted by molar-refractivity contribution is 7.15. The second-order valence-electron chi connectivity index (χ2n) is 18.1. The molecule has 3 heterocycles. The molecule has 1 atom stereocenters. The molecule has 15 nitrogen and oxygen atoms in total. The Morgan fingerprint density at radius 1 is 0.797 bits per heavy atom. The van der Waals surface area contributed by atoms with E-state index in [0.717, 1.165) is 33.2 Å². The number of nitrogens with one attached hydrogen (secondary N) is 2. The number of carbonyl (C=O) groups excluding carboxylic acids is 2. The fourth-order valence-corrected chi connectivity index (χ4v) is 10.7. The number of amides is 2. The first kappa shape index (κ1) is 51.5. The van der Waals surface area contributed by atoms with Gasteiger partial charge in [-0.25, -0.2) is 0 Å². The molecular formula is C51H59Cl2N7O8S. The fraction of sp³-hybridized carbons (Fsp3) is 0.451. The molecule has 18 heteroatoms. The van der Waals surface area contributed by atoms with Crippen molar-refractivity contribution < 1.29 is 38.0 Å². The molecule has 0 saturated heterocycles. The molecule has 2 aliphatic rings. The maximum absolute atomic E-state index is 13.3. The van der Waals surface area contributed by atoms with E-state index < -0.39 is 6.04 Å². The molecule has 0 spiro atoms. The maximum Gasteiger partial charge on any atom is 0.251 e. The number of rotatable bonds is 23. The summed E-state index contributed by atoms with van der Waals surface area (Å²) >= 11 is 14.1. The average Bonchev–Trinajstić information content (AvgIpc) is 3.81. The number of aromatic nitrogens is 3. The van der Waals surface area contributed by atoms with E-state index in [-0.39, 0.29) is 41.2 Å². The zero-order chi connectivity index (χ0) is 49.3. The first-order valence-corrected chi connectivity index (χ1v) is 24.5. The first-order chi connectivity index (χ1) is 33.1. The van der Waals surface area contributed by atoms with Crippen LogP contribution in [0.3, 0.4) is 0 Å². The molecular weight excluding hydrogens is 942 g/mol. The van der Waals surface area contributed by atoms with Crippen molar-refractivity contribution in [1.29, 1.82) is 5.26 Å². The standard InChI is InChI=1S/C51H59Cl2N7O8S/c1-31-32(2)69-47-43(31)44(34-8-13-37(52)14-9-34)56-41(45-59-58-33(3)60(45)47)29-42(61)55-18-19-63-20-21-64-22-23-65-24-25-66-26-27-67-38-15-10-35(11-16-38)46(62)57-48-50(4,5)49(51(48,6)7)68-39-17-12-36(30-54)40(53)28-39/h8-17,28,41,48-49H,18-27,29H2,1-7H3,(H,55,61)(H,57,62)/t41-,48?,49?/m0/s1. The summed E-state index contributed by atoms with van der Waals surface area (Å²) in [6, 6.07) is 21.0. The molecule has 1 fully saturated rings. The van der Waals surface area contributed by atoms with Gasteiger partial charge in [-0.2, -0.15) is 5.26 Å². The maximum atomic E-state index is 13.3. The van der Waals surface area contributed by atoms with Crippen molar-refractivity contribution in [1.82, 2.24) is 25.4 Å². The molecule has 2 aromatic heterocycles. The van der Waals surface area contributed by atoms with Crippen LogP contribution in [0.1, 0.15) is 89.3 Å². The van der Waals surface area contributed by atoms with Crippen molar-refractivity contribution in [3.8, 4) is 22.6 Å². The number of thiophene rings is 1. The van der Waals surface area contributed by atoms with Gasteiger partial charge in [0.25, 0.3) is 5.91 Å². The zero-order valence-electron chi connectivity index (χ0n) is 40.0. The van der Waals surface area contributed by atoms with E-state index in [1.54, 1.807) is 53.8 Å². The smallest absolute Gasteiger partial charge is 0.251 e. The lowest BCUT2D eigenvalue weighted by Crippen LogP contribution is -2.74. The van der Waals surface area contributed by atoms with Gasteiger partial charge >= 0.3 is 0 Å². The summed E-state index contributed by atoms with van der Waals surface area (Å²) in [5.41, 5.74) is 4.03. The summed E-state index contributed by atoms with van der Waals surface area (Å²) in [4.78, 5) is 32.8. The molecule has 7 rings (SSSR count). The highest BCUT2D eigenvalue weighted by atomic mass is 35.5. The van der Waals surface area contributed by atoms with Crippen LogP contribution in [0, 0.1) is 42.9 Å². The molecule has 2 amide bonds. The molecule has 1 saturated carbocycles. The summed E-state index contributed by atoms with van der Waals surface area (Å²) in [7, 11) is 0. The Balaban J connectivity index is 0.715. The van der Waals surface area contributed by atoms with Gasteiger partial charge < -0.3 is 39.1 Å². The van der Waals surface area contributed by atoms with Crippen molar-refractivity contribution in [2.24, 2.45) is 15.8 Å². The third-order valence-electron chi connectivity index (χ3n) is 12.5. The van der Waals surface area contributed by atoms with Crippen molar-refractivity contribution in [3.63, 3.8) is 0 Å². The van der Waals surface area contributed by atoms with Crippen molar-refractivity contribution >= 4 is 52.1 Å². The van der Waals surface area contributed by atoms with Crippen molar-refractivity contribution in [2.45, 2.75) is 73.1 Å². The van der Waals surface area contributed by atoms with Crippen LogP contribution >= 0.6 is 34.5 Å². The number of ether oxygens (including phenoxy) is 6. The minimum Gasteiger partial charge on any atom is -0.491 e. The fourth-order valence-electron chi connectivity index (χ4n) is 9.14. The van der Waals surface area contributed by atoms with Gasteiger partial charge in [-0.3, -0.25) is 19.1 Å². The topological polar surface area (TPSA) is 180 Å². The zero-order valence-corrected chi connectivity index (χ0v) is 42.4. The predicted octanol–water partition coefficient (Wildman–Crippen LogP) is 8.59. The molecule has 5 aromatic rings. The molecule has 0 bridgehead atoms. The predicted molar refractivity (Wildman–Crippen MR) is 266 cm³/mol. The van der Waals surface area contributed by atoms with Gasteiger partial charge in [0.2, 0.25) is 5.91 Å². The molecule has 1 aliphatic carbocycles. The van der Waals surface area contributed by atoms with E-state index in [0.29, 0.717) is 105 Å². The summed E-state index contributed by atoms with van der Waals surface area (Å²) < 4.78 is 36.7. The van der Waals surface area contributed by atoms with Crippen LogP contribution < -0.4 is 20.1 Å². The Morgan fingerprint density at radius 3 is 2.03 bits per heavy atom. The number of nitriles is 1. The Hall–Kier alpha value is -5.38. The van der Waals surface area contributed by atoms with Gasteiger partial charge in [0.05, 0.1) is 75.6 Å². The van der Waals surface area contributed by atoms with Crippen molar-refractivity contribution in [2.75, 3.05) is 66.0 Å². The second kappa shape index (κ2) is 23.0. The van der Waals surface area contributed by atoms with Gasteiger partial charge in [-0.05, 0) is 74.9 Å². The van der Waals surface area contributed by atoms with Crippen LogP contribution in [0.25, 0.3) is 5.00 Å². The van der Waals surface area contributed by atoms with Gasteiger partial charge in [0.1, 0.15) is 47.1 Å². The Bertz CT molecular complexity index is 2650. The molecule has 0 unspecified atom stereocenters. The quantitative estimate of drug-likeness (QED) is 0.0599. The largest absolute Gasteiger partial charge is 0.491 e. The van der Waals surface area contributed by atoms with Gasteiger partial charge in [0, 0.05) is 56.1 Å². The lowest BCUT2D eigenvalue weighted by atomic mass is 9.49.